The molecule has 0 bridgehead atoms. The van der Waals surface area contributed by atoms with Crippen LogP contribution >= 0.6 is 0 Å². The number of hydrogen-bond acceptors (Lipinski definition) is 2. The molecule has 0 aromatic heterocycles. The van der Waals surface area contributed by atoms with Gasteiger partial charge in [0, 0.05) is 18.5 Å². The van der Waals surface area contributed by atoms with E-state index in [9.17, 15) is 4.79 Å². The lowest BCUT2D eigenvalue weighted by molar-refractivity contribution is -0.121. The molecule has 0 atom stereocenters. The van der Waals surface area contributed by atoms with Gasteiger partial charge in [-0.25, -0.2) is 0 Å². The average Bonchev–Trinajstić information content (AvgIpc) is 2.35. The largest absolute Gasteiger partial charge is 0.370 e. The minimum atomic E-state index is -0.122. The average molecular weight is 276 g/mol. The second kappa shape index (κ2) is 7.53. The molecule has 0 radical (unpaired) electrons. The summed E-state index contributed by atoms with van der Waals surface area (Å²) in [6.45, 7) is 6.93. The molecule has 1 aromatic rings. The van der Waals surface area contributed by atoms with E-state index in [2.05, 4.69) is 15.6 Å². The summed E-state index contributed by atoms with van der Waals surface area (Å²) in [7, 11) is 0. The summed E-state index contributed by atoms with van der Waals surface area (Å²) in [5, 5.41) is 5.90. The fraction of sp³-hybridized carbons (Fsp3) is 0.467. The van der Waals surface area contributed by atoms with Crippen LogP contribution < -0.4 is 16.4 Å². The van der Waals surface area contributed by atoms with Crippen molar-refractivity contribution in [3.63, 3.8) is 0 Å². The first kappa shape index (κ1) is 16.0. The Bertz CT molecular complexity index is 449. The summed E-state index contributed by atoms with van der Waals surface area (Å²) in [5.41, 5.74) is 6.68. The van der Waals surface area contributed by atoms with Crippen LogP contribution in [-0.2, 0) is 11.3 Å². The van der Waals surface area contributed by atoms with Crippen LogP contribution in [0.1, 0.15) is 32.8 Å². The Morgan fingerprint density at radius 3 is 2.50 bits per heavy atom. The van der Waals surface area contributed by atoms with E-state index in [1.54, 1.807) is 0 Å². The molecule has 1 rings (SSSR count). The van der Waals surface area contributed by atoms with E-state index >= 15 is 0 Å². The molecule has 0 saturated carbocycles. The van der Waals surface area contributed by atoms with Gasteiger partial charge in [-0.2, -0.15) is 0 Å². The topological polar surface area (TPSA) is 79.5 Å². The quantitative estimate of drug-likeness (QED) is 0.562. The summed E-state index contributed by atoms with van der Waals surface area (Å²) >= 11 is 0. The molecule has 1 aromatic carbocycles. The highest BCUT2D eigenvalue weighted by atomic mass is 16.1. The van der Waals surface area contributed by atoms with Gasteiger partial charge in [0.05, 0.1) is 6.54 Å². The molecule has 5 nitrogen and oxygen atoms in total. The first-order chi connectivity index (χ1) is 9.37. The molecule has 4 N–H and O–H groups in total. The molecule has 0 unspecified atom stereocenters. The maximum absolute atomic E-state index is 11.6. The number of carbonyl (C=O) groups excluding carboxylic acids is 1. The van der Waals surface area contributed by atoms with E-state index in [1.165, 1.54) is 0 Å². The third-order valence-electron chi connectivity index (χ3n) is 2.46. The van der Waals surface area contributed by atoms with Gasteiger partial charge < -0.3 is 16.4 Å². The Hall–Kier alpha value is -2.04. The van der Waals surface area contributed by atoms with Gasteiger partial charge in [0.25, 0.3) is 0 Å². The molecule has 0 aliphatic carbocycles. The number of aliphatic imine (C=N–C) groups is 1. The zero-order valence-electron chi connectivity index (χ0n) is 12.4. The van der Waals surface area contributed by atoms with Gasteiger partial charge in [0.15, 0.2) is 5.96 Å². The Morgan fingerprint density at radius 1 is 1.25 bits per heavy atom. The highest BCUT2D eigenvalue weighted by Gasteiger charge is 2.09. The van der Waals surface area contributed by atoms with Gasteiger partial charge >= 0.3 is 0 Å². The predicted molar refractivity (Wildman–Crippen MR) is 82.3 cm³/mol. The maximum Gasteiger partial charge on any atom is 0.222 e. The third-order valence-corrected chi connectivity index (χ3v) is 2.46. The zero-order valence-corrected chi connectivity index (χ0v) is 12.4. The highest BCUT2D eigenvalue weighted by Crippen LogP contribution is 1.98. The highest BCUT2D eigenvalue weighted by molar-refractivity contribution is 5.79. The molecule has 0 spiro atoms. The standard InChI is InChI=1S/C15H24N4O/c1-15(2,3)19-14(16)17-10-9-13(20)18-11-12-7-5-4-6-8-12/h4-8H,9-11H2,1-3H3,(H,18,20)(H3,16,17,19). The summed E-state index contributed by atoms with van der Waals surface area (Å²) in [6.07, 6.45) is 0.333. The first-order valence-electron chi connectivity index (χ1n) is 6.75. The van der Waals surface area contributed by atoms with Crippen molar-refractivity contribution in [2.75, 3.05) is 6.54 Å². The summed E-state index contributed by atoms with van der Waals surface area (Å²) in [6, 6.07) is 9.80. The SMILES string of the molecule is CC(C)(C)NC(N)=NCCC(=O)NCc1ccccc1. The molecular formula is C15H24N4O. The van der Waals surface area contributed by atoms with Crippen molar-refractivity contribution in [2.24, 2.45) is 10.7 Å². The van der Waals surface area contributed by atoms with Crippen molar-refractivity contribution >= 4 is 11.9 Å². The minimum absolute atomic E-state index is 0.0267. The zero-order chi connectivity index (χ0) is 15.0. The maximum atomic E-state index is 11.6. The van der Waals surface area contributed by atoms with Crippen molar-refractivity contribution in [1.29, 1.82) is 0 Å². The predicted octanol–water partition coefficient (Wildman–Crippen LogP) is 1.40. The van der Waals surface area contributed by atoms with Crippen LogP contribution in [0.5, 0.6) is 0 Å². The van der Waals surface area contributed by atoms with Crippen molar-refractivity contribution in [1.82, 2.24) is 10.6 Å². The first-order valence-corrected chi connectivity index (χ1v) is 6.75. The number of rotatable bonds is 5. The van der Waals surface area contributed by atoms with Crippen LogP contribution in [0, 0.1) is 0 Å². The van der Waals surface area contributed by atoms with Crippen molar-refractivity contribution in [2.45, 2.75) is 39.3 Å². The van der Waals surface area contributed by atoms with E-state index in [-0.39, 0.29) is 11.4 Å². The van der Waals surface area contributed by atoms with Gasteiger partial charge in [-0.1, -0.05) is 30.3 Å². The third kappa shape index (κ3) is 7.41. The number of benzene rings is 1. The molecule has 0 aliphatic rings. The molecule has 5 heteroatoms. The summed E-state index contributed by atoms with van der Waals surface area (Å²) < 4.78 is 0. The lowest BCUT2D eigenvalue weighted by Crippen LogP contribution is -2.45. The number of guanidine groups is 1. The Morgan fingerprint density at radius 2 is 1.90 bits per heavy atom. The minimum Gasteiger partial charge on any atom is -0.370 e. The monoisotopic (exact) mass is 276 g/mol. The second-order valence-electron chi connectivity index (χ2n) is 5.65. The lowest BCUT2D eigenvalue weighted by Gasteiger charge is -2.20. The Kier molecular flexibility index (Phi) is 6.03. The van der Waals surface area contributed by atoms with E-state index in [4.69, 9.17) is 5.73 Å². The van der Waals surface area contributed by atoms with Crippen molar-refractivity contribution in [3.8, 4) is 0 Å². The van der Waals surface area contributed by atoms with Gasteiger partial charge in [0.2, 0.25) is 5.91 Å². The van der Waals surface area contributed by atoms with Crippen molar-refractivity contribution < 1.29 is 4.79 Å². The number of carbonyl (C=O) groups is 1. The Labute approximate surface area is 120 Å². The lowest BCUT2D eigenvalue weighted by atomic mass is 10.1. The number of nitrogens with zero attached hydrogens (tertiary/aromatic N) is 1. The van der Waals surface area contributed by atoms with Crippen LogP contribution in [-0.4, -0.2) is 24.0 Å². The Balaban J connectivity index is 2.25. The number of hydrogen-bond donors (Lipinski definition) is 3. The van der Waals surface area contributed by atoms with Crippen LogP contribution in [0.2, 0.25) is 0 Å². The molecule has 0 aliphatic heterocycles. The van der Waals surface area contributed by atoms with E-state index in [1.807, 2.05) is 51.1 Å². The second-order valence-corrected chi connectivity index (χ2v) is 5.65. The normalized spacial score (nSPS) is 12.1. The van der Waals surface area contributed by atoms with Crippen molar-refractivity contribution in [3.05, 3.63) is 35.9 Å². The number of nitrogens with two attached hydrogens (primary N) is 1. The molecule has 0 heterocycles. The summed E-state index contributed by atoms with van der Waals surface area (Å²) in [5.74, 6) is 0.342. The van der Waals surface area contributed by atoms with E-state index in [0.717, 1.165) is 5.56 Å². The number of nitrogens with one attached hydrogen (secondary N) is 2. The van der Waals surface area contributed by atoms with Gasteiger partial charge in [-0.3, -0.25) is 9.79 Å². The van der Waals surface area contributed by atoms with E-state index in [0.29, 0.717) is 25.5 Å². The van der Waals surface area contributed by atoms with E-state index < -0.39 is 0 Å². The smallest absolute Gasteiger partial charge is 0.222 e. The molecule has 1 amide bonds. The molecule has 0 fully saturated rings. The van der Waals surface area contributed by atoms with Gasteiger partial charge in [-0.15, -0.1) is 0 Å². The van der Waals surface area contributed by atoms with Crippen LogP contribution in [0.4, 0.5) is 0 Å². The number of amides is 1. The van der Waals surface area contributed by atoms with Crippen LogP contribution in [0.15, 0.2) is 35.3 Å². The fourth-order valence-corrected chi connectivity index (χ4v) is 1.59. The molecule has 20 heavy (non-hydrogen) atoms. The molecule has 0 saturated heterocycles. The molecule has 110 valence electrons. The van der Waals surface area contributed by atoms with Crippen LogP contribution in [0.25, 0.3) is 0 Å². The van der Waals surface area contributed by atoms with Gasteiger partial charge in [-0.05, 0) is 26.3 Å². The fourth-order valence-electron chi connectivity index (χ4n) is 1.59. The van der Waals surface area contributed by atoms with Gasteiger partial charge in [0.1, 0.15) is 0 Å². The molecular weight excluding hydrogens is 252 g/mol. The van der Waals surface area contributed by atoms with Crippen LogP contribution in [0.3, 0.4) is 0 Å². The summed E-state index contributed by atoms with van der Waals surface area (Å²) in [4.78, 5) is 15.8.